The van der Waals surface area contributed by atoms with Crippen molar-refractivity contribution in [1.82, 2.24) is 5.32 Å². The maximum Gasteiger partial charge on any atom is 0.414 e. The number of benzene rings is 1. The van der Waals surface area contributed by atoms with E-state index in [1.807, 2.05) is 12.1 Å². The smallest absolute Gasteiger partial charge is 0.414 e. The van der Waals surface area contributed by atoms with E-state index in [0.717, 1.165) is 4.90 Å². The minimum Gasteiger partial charge on any atom is -0.465 e. The van der Waals surface area contributed by atoms with Crippen molar-refractivity contribution in [1.29, 1.82) is 0 Å². The van der Waals surface area contributed by atoms with E-state index in [-0.39, 0.29) is 12.0 Å². The molecule has 3 rings (SSSR count). The fraction of sp³-hybridized carbons (Fsp3) is 0.400. The molecule has 0 bridgehead atoms. The second-order valence-electron chi connectivity index (χ2n) is 5.51. The molecule has 8 nitrogen and oxygen atoms in total. The first-order valence-electron chi connectivity index (χ1n) is 7.54. The largest absolute Gasteiger partial charge is 0.465 e. The lowest BCUT2D eigenvalue weighted by atomic mass is 10.2. The van der Waals surface area contributed by atoms with Gasteiger partial charge in [0.05, 0.1) is 18.0 Å². The molecule has 3 amide bonds. The lowest BCUT2D eigenvalue weighted by molar-refractivity contribution is -0.113. The number of ether oxygens (including phenoxy) is 1. The summed E-state index contributed by atoms with van der Waals surface area (Å²) in [4.78, 5) is 36.4. The van der Waals surface area contributed by atoms with Crippen molar-refractivity contribution in [3.8, 4) is 0 Å². The van der Waals surface area contributed by atoms with E-state index in [4.69, 9.17) is 9.84 Å². The summed E-state index contributed by atoms with van der Waals surface area (Å²) in [7, 11) is 0. The number of fused-ring (bicyclic) bond motifs is 1. The van der Waals surface area contributed by atoms with Crippen molar-refractivity contribution in [3.05, 3.63) is 18.2 Å². The predicted octanol–water partition coefficient (Wildman–Crippen LogP) is 2.10. The van der Waals surface area contributed by atoms with Crippen LogP contribution in [0.5, 0.6) is 0 Å². The van der Waals surface area contributed by atoms with Gasteiger partial charge in [-0.1, -0.05) is 0 Å². The summed E-state index contributed by atoms with van der Waals surface area (Å²) >= 11 is 1.46. The second kappa shape index (κ2) is 7.00. The number of cyclic esters (lactones) is 1. The minimum absolute atomic E-state index is 0.0579. The van der Waals surface area contributed by atoms with Crippen LogP contribution in [0.4, 0.5) is 21.0 Å². The zero-order valence-electron chi connectivity index (χ0n) is 12.8. The van der Waals surface area contributed by atoms with Gasteiger partial charge in [0.1, 0.15) is 6.10 Å². The number of anilines is 2. The molecule has 9 heteroatoms. The monoisotopic (exact) mass is 351 g/mol. The van der Waals surface area contributed by atoms with Crippen LogP contribution in [0.3, 0.4) is 0 Å². The van der Waals surface area contributed by atoms with Crippen LogP contribution < -0.4 is 15.5 Å². The highest BCUT2D eigenvalue weighted by Gasteiger charge is 2.32. The molecule has 0 saturated carbocycles. The number of carbonyl (C=O) groups is 3. The number of amides is 3. The number of rotatable bonds is 5. The molecule has 2 aliphatic rings. The van der Waals surface area contributed by atoms with Crippen molar-refractivity contribution < 1.29 is 24.2 Å². The lowest BCUT2D eigenvalue weighted by Crippen LogP contribution is -2.26. The average molecular weight is 351 g/mol. The topological polar surface area (TPSA) is 108 Å². The Morgan fingerprint density at radius 1 is 1.46 bits per heavy atom. The minimum atomic E-state index is -1.06. The van der Waals surface area contributed by atoms with Gasteiger partial charge in [-0.15, -0.1) is 11.8 Å². The Hall–Kier alpha value is -2.42. The van der Waals surface area contributed by atoms with Crippen molar-refractivity contribution in [3.63, 3.8) is 0 Å². The molecule has 1 aromatic rings. The Kier molecular flexibility index (Phi) is 4.79. The van der Waals surface area contributed by atoms with Gasteiger partial charge in [0.15, 0.2) is 0 Å². The highest BCUT2D eigenvalue weighted by molar-refractivity contribution is 8.00. The third-order valence-electron chi connectivity index (χ3n) is 3.76. The Balaban J connectivity index is 1.61. The van der Waals surface area contributed by atoms with E-state index >= 15 is 0 Å². The molecule has 1 unspecified atom stereocenters. The fourth-order valence-corrected chi connectivity index (χ4v) is 3.44. The molecule has 1 fully saturated rings. The van der Waals surface area contributed by atoms with Crippen LogP contribution in [-0.4, -0.2) is 48.1 Å². The van der Waals surface area contributed by atoms with Gasteiger partial charge in [-0.2, -0.15) is 0 Å². The number of carboxylic acid groups (broad SMARTS) is 1. The zero-order chi connectivity index (χ0) is 17.1. The number of hydrogen-bond donors (Lipinski definition) is 3. The third-order valence-corrected chi connectivity index (χ3v) is 4.83. The van der Waals surface area contributed by atoms with Gasteiger partial charge in [0.2, 0.25) is 5.91 Å². The van der Waals surface area contributed by atoms with Gasteiger partial charge in [-0.25, -0.2) is 9.59 Å². The van der Waals surface area contributed by atoms with Crippen LogP contribution in [0.1, 0.15) is 12.8 Å². The summed E-state index contributed by atoms with van der Waals surface area (Å²) in [5, 5.41) is 13.6. The molecule has 2 heterocycles. The Morgan fingerprint density at radius 3 is 3.08 bits per heavy atom. The number of nitrogens with zero attached hydrogens (tertiary/aromatic N) is 1. The van der Waals surface area contributed by atoms with Crippen molar-refractivity contribution in [2.75, 3.05) is 29.1 Å². The Morgan fingerprint density at radius 2 is 2.29 bits per heavy atom. The predicted molar refractivity (Wildman–Crippen MR) is 88.7 cm³/mol. The number of nitrogens with one attached hydrogen (secondary N) is 2. The van der Waals surface area contributed by atoms with E-state index in [2.05, 4.69) is 10.6 Å². The zero-order valence-corrected chi connectivity index (χ0v) is 13.6. The molecule has 24 heavy (non-hydrogen) atoms. The summed E-state index contributed by atoms with van der Waals surface area (Å²) in [6.45, 7) is 0.733. The van der Waals surface area contributed by atoms with E-state index in [1.54, 1.807) is 6.07 Å². The average Bonchev–Trinajstić information content (AvgIpc) is 2.91. The van der Waals surface area contributed by atoms with Crippen LogP contribution in [0, 0.1) is 0 Å². The summed E-state index contributed by atoms with van der Waals surface area (Å²) in [5.74, 6) is 0.335. The Labute approximate surface area is 142 Å². The maximum absolute atomic E-state index is 12.1. The highest BCUT2D eigenvalue weighted by atomic mass is 32.2. The van der Waals surface area contributed by atoms with Crippen LogP contribution in [0.15, 0.2) is 23.1 Å². The van der Waals surface area contributed by atoms with Crippen LogP contribution >= 0.6 is 11.8 Å². The van der Waals surface area contributed by atoms with Gasteiger partial charge in [-0.3, -0.25) is 9.69 Å². The van der Waals surface area contributed by atoms with Crippen molar-refractivity contribution in [2.24, 2.45) is 0 Å². The molecule has 0 aromatic heterocycles. The summed E-state index contributed by atoms with van der Waals surface area (Å²) in [5.41, 5.74) is 1.38. The molecular formula is C15H17N3O5S. The fourth-order valence-electron chi connectivity index (χ4n) is 2.65. The first-order valence-corrected chi connectivity index (χ1v) is 8.53. The second-order valence-corrected chi connectivity index (χ2v) is 6.53. The summed E-state index contributed by atoms with van der Waals surface area (Å²) in [6, 6.07) is 5.49. The highest BCUT2D eigenvalue weighted by Crippen LogP contribution is 2.35. The number of carbonyl (C=O) groups excluding carboxylic acids is 2. The lowest BCUT2D eigenvalue weighted by Gasteiger charge is -2.19. The summed E-state index contributed by atoms with van der Waals surface area (Å²) in [6.07, 6.45) is -0.585. The first-order chi connectivity index (χ1) is 11.5. The summed E-state index contributed by atoms with van der Waals surface area (Å²) < 4.78 is 5.32. The normalized spacial score (nSPS) is 19.5. The third kappa shape index (κ3) is 3.73. The quantitative estimate of drug-likeness (QED) is 0.701. The molecule has 2 aliphatic heterocycles. The van der Waals surface area contributed by atoms with Gasteiger partial charge in [0.25, 0.3) is 0 Å². The molecule has 1 saturated heterocycles. The maximum atomic E-state index is 12.1. The van der Waals surface area contributed by atoms with E-state index in [9.17, 15) is 14.4 Å². The van der Waals surface area contributed by atoms with E-state index in [1.165, 1.54) is 16.7 Å². The SMILES string of the molecule is O=C(O)NCCCC1CN(c2ccc3c(c2)NC(=O)CS3)C(=O)O1. The van der Waals surface area contributed by atoms with Gasteiger partial charge >= 0.3 is 12.2 Å². The van der Waals surface area contributed by atoms with Gasteiger partial charge in [0, 0.05) is 17.1 Å². The Bertz CT molecular complexity index is 681. The van der Waals surface area contributed by atoms with Gasteiger partial charge in [-0.05, 0) is 31.0 Å². The van der Waals surface area contributed by atoms with E-state index in [0.29, 0.717) is 43.1 Å². The first kappa shape index (κ1) is 16.4. The number of thioether (sulfide) groups is 1. The van der Waals surface area contributed by atoms with Crippen molar-refractivity contribution >= 4 is 41.2 Å². The van der Waals surface area contributed by atoms with Crippen LogP contribution in [-0.2, 0) is 9.53 Å². The molecule has 0 aliphatic carbocycles. The molecule has 128 valence electrons. The molecule has 0 radical (unpaired) electrons. The van der Waals surface area contributed by atoms with Crippen molar-refractivity contribution in [2.45, 2.75) is 23.8 Å². The number of hydrogen-bond acceptors (Lipinski definition) is 5. The van der Waals surface area contributed by atoms with Gasteiger partial charge < -0.3 is 20.5 Å². The molecule has 3 N–H and O–H groups in total. The van der Waals surface area contributed by atoms with E-state index < -0.39 is 12.2 Å². The standard InChI is InChI=1S/C15H17N3O5S/c19-13-8-24-12-4-3-9(6-11(12)17-13)18-7-10(23-15(18)22)2-1-5-16-14(20)21/h3-4,6,10,16H,1-2,5,7-8H2,(H,17,19)(H,20,21). The molecule has 0 spiro atoms. The van der Waals surface area contributed by atoms with Crippen LogP contribution in [0.2, 0.25) is 0 Å². The molecule has 1 atom stereocenters. The molecule has 1 aromatic carbocycles. The molecular weight excluding hydrogens is 334 g/mol. The van der Waals surface area contributed by atoms with Crippen LogP contribution in [0.25, 0.3) is 0 Å².